The second-order valence-electron chi connectivity index (χ2n) is 8.07. The van der Waals surface area contributed by atoms with Gasteiger partial charge in [-0.15, -0.1) is 0 Å². The molecule has 0 saturated heterocycles. The molecule has 28 heavy (non-hydrogen) atoms. The van der Waals surface area contributed by atoms with Gasteiger partial charge in [0.15, 0.2) is 0 Å². The van der Waals surface area contributed by atoms with Crippen molar-refractivity contribution in [1.29, 1.82) is 0 Å². The zero-order valence-corrected chi connectivity index (χ0v) is 18.5. The first kappa shape index (κ1) is 26.6. The molecule has 0 aliphatic heterocycles. The lowest BCUT2D eigenvalue weighted by molar-refractivity contribution is -0.141. The highest BCUT2D eigenvalue weighted by atomic mass is 16.4. The minimum Gasteiger partial charge on any atom is -0.480 e. The molecule has 1 atom stereocenters. The summed E-state index contributed by atoms with van der Waals surface area (Å²) in [5, 5.41) is 11.7. The molecule has 1 unspecified atom stereocenters. The van der Waals surface area contributed by atoms with Gasteiger partial charge in [-0.25, -0.2) is 4.79 Å². The standard InChI is InChI=1S/C23H44N2O3/c1-4-5-6-7-8-9-10-11-12-13-14-15-16-17-18-22(26)24-21(23(27)28)19-20-25(2)3/h17-18,21H,4-16,19-20H2,1-3H3,(H,24,26)(H,27,28)/b18-17+. The molecule has 0 aromatic carbocycles. The van der Waals surface area contributed by atoms with E-state index in [2.05, 4.69) is 12.2 Å². The number of carboxylic acid groups (broad SMARTS) is 1. The summed E-state index contributed by atoms with van der Waals surface area (Å²) in [6, 6.07) is -0.828. The second kappa shape index (κ2) is 19.0. The van der Waals surface area contributed by atoms with Gasteiger partial charge in [0.25, 0.3) is 0 Å². The van der Waals surface area contributed by atoms with E-state index in [0.29, 0.717) is 13.0 Å². The van der Waals surface area contributed by atoms with Crippen LogP contribution < -0.4 is 5.32 Å². The fourth-order valence-electron chi connectivity index (χ4n) is 3.16. The molecule has 0 fully saturated rings. The molecule has 0 aromatic heterocycles. The number of hydrogen-bond acceptors (Lipinski definition) is 3. The summed E-state index contributed by atoms with van der Waals surface area (Å²) < 4.78 is 0. The Kier molecular flexibility index (Phi) is 18.1. The van der Waals surface area contributed by atoms with E-state index >= 15 is 0 Å². The molecule has 0 aliphatic rings. The van der Waals surface area contributed by atoms with E-state index in [-0.39, 0.29) is 5.91 Å². The van der Waals surface area contributed by atoms with Crippen LogP contribution in [0.1, 0.15) is 96.8 Å². The van der Waals surface area contributed by atoms with Crippen molar-refractivity contribution in [1.82, 2.24) is 10.2 Å². The normalized spacial score (nSPS) is 12.6. The van der Waals surface area contributed by atoms with Crippen molar-refractivity contribution in [3.05, 3.63) is 12.2 Å². The Morgan fingerprint density at radius 2 is 1.39 bits per heavy atom. The summed E-state index contributed by atoms with van der Waals surface area (Å²) in [6.45, 7) is 2.88. The van der Waals surface area contributed by atoms with E-state index in [1.807, 2.05) is 25.1 Å². The van der Waals surface area contributed by atoms with Crippen LogP contribution >= 0.6 is 0 Å². The van der Waals surface area contributed by atoms with Crippen LogP contribution in [0.4, 0.5) is 0 Å². The van der Waals surface area contributed by atoms with Gasteiger partial charge in [-0.3, -0.25) is 4.79 Å². The molecule has 0 heterocycles. The molecular weight excluding hydrogens is 352 g/mol. The van der Waals surface area contributed by atoms with Gasteiger partial charge in [0, 0.05) is 6.54 Å². The van der Waals surface area contributed by atoms with Gasteiger partial charge in [0.1, 0.15) is 6.04 Å². The fourth-order valence-corrected chi connectivity index (χ4v) is 3.16. The van der Waals surface area contributed by atoms with E-state index in [0.717, 1.165) is 12.8 Å². The number of allylic oxidation sites excluding steroid dienone is 1. The molecule has 5 nitrogen and oxygen atoms in total. The number of nitrogens with zero attached hydrogens (tertiary/aromatic N) is 1. The summed E-state index contributed by atoms with van der Waals surface area (Å²) in [4.78, 5) is 24.9. The summed E-state index contributed by atoms with van der Waals surface area (Å²) >= 11 is 0. The highest BCUT2D eigenvalue weighted by molar-refractivity contribution is 5.91. The Morgan fingerprint density at radius 1 is 0.893 bits per heavy atom. The van der Waals surface area contributed by atoms with Crippen LogP contribution in [0.5, 0.6) is 0 Å². The molecule has 2 N–H and O–H groups in total. The number of carbonyl (C=O) groups excluding carboxylic acids is 1. The highest BCUT2D eigenvalue weighted by Crippen LogP contribution is 2.12. The molecule has 1 amide bonds. The second-order valence-corrected chi connectivity index (χ2v) is 8.07. The van der Waals surface area contributed by atoms with Crippen molar-refractivity contribution in [2.24, 2.45) is 0 Å². The maximum absolute atomic E-state index is 11.8. The third-order valence-electron chi connectivity index (χ3n) is 4.97. The number of amides is 1. The minimum atomic E-state index is -0.982. The molecule has 0 bridgehead atoms. The van der Waals surface area contributed by atoms with Gasteiger partial charge in [-0.2, -0.15) is 0 Å². The molecule has 164 valence electrons. The van der Waals surface area contributed by atoms with Crippen molar-refractivity contribution < 1.29 is 14.7 Å². The number of carboxylic acids is 1. The lowest BCUT2D eigenvalue weighted by Gasteiger charge is -2.16. The molecule has 0 rings (SSSR count). The van der Waals surface area contributed by atoms with E-state index < -0.39 is 12.0 Å². The van der Waals surface area contributed by atoms with Crippen molar-refractivity contribution in [2.75, 3.05) is 20.6 Å². The first-order chi connectivity index (χ1) is 13.5. The molecule has 5 heteroatoms. The number of aliphatic carboxylic acids is 1. The largest absolute Gasteiger partial charge is 0.480 e. The van der Waals surface area contributed by atoms with E-state index in [4.69, 9.17) is 0 Å². The van der Waals surface area contributed by atoms with Crippen LogP contribution in [0, 0.1) is 0 Å². The topological polar surface area (TPSA) is 69.6 Å². The molecule has 0 aliphatic carbocycles. The fraction of sp³-hybridized carbons (Fsp3) is 0.826. The Morgan fingerprint density at radius 3 is 1.86 bits per heavy atom. The van der Waals surface area contributed by atoms with Crippen LogP contribution in [0.15, 0.2) is 12.2 Å². The monoisotopic (exact) mass is 396 g/mol. The molecular formula is C23H44N2O3. The zero-order valence-electron chi connectivity index (χ0n) is 18.5. The van der Waals surface area contributed by atoms with E-state index in [1.54, 1.807) is 0 Å². The zero-order chi connectivity index (χ0) is 21.0. The average Bonchev–Trinajstić information content (AvgIpc) is 2.65. The van der Waals surface area contributed by atoms with Crippen LogP contribution in [-0.4, -0.2) is 48.6 Å². The minimum absolute atomic E-state index is 0.315. The third kappa shape index (κ3) is 18.0. The predicted octanol–water partition coefficient (Wildman–Crippen LogP) is 5.15. The van der Waals surface area contributed by atoms with Gasteiger partial charge in [-0.1, -0.05) is 83.6 Å². The Bertz CT molecular complexity index is 422. The van der Waals surface area contributed by atoms with Crippen LogP contribution in [0.3, 0.4) is 0 Å². The smallest absolute Gasteiger partial charge is 0.326 e. The quantitative estimate of drug-likeness (QED) is 0.234. The number of hydrogen-bond donors (Lipinski definition) is 2. The van der Waals surface area contributed by atoms with Gasteiger partial charge in [0.05, 0.1) is 0 Å². The highest BCUT2D eigenvalue weighted by Gasteiger charge is 2.18. The van der Waals surface area contributed by atoms with Crippen LogP contribution in [0.25, 0.3) is 0 Å². The van der Waals surface area contributed by atoms with Crippen molar-refractivity contribution in [3.8, 4) is 0 Å². The Labute approximate surface area is 173 Å². The SMILES string of the molecule is CCCCCCCCCCCCCC/C=C/C(=O)NC(CCN(C)C)C(=O)O. The number of unbranched alkanes of at least 4 members (excludes halogenated alkanes) is 12. The Balaban J connectivity index is 3.59. The average molecular weight is 397 g/mol. The number of nitrogens with one attached hydrogen (secondary N) is 1. The maximum atomic E-state index is 11.8. The van der Waals surface area contributed by atoms with E-state index in [9.17, 15) is 14.7 Å². The van der Waals surface area contributed by atoms with Crippen molar-refractivity contribution in [3.63, 3.8) is 0 Å². The summed E-state index contributed by atoms with van der Waals surface area (Å²) in [5.74, 6) is -1.30. The lowest BCUT2D eigenvalue weighted by atomic mass is 10.0. The summed E-state index contributed by atoms with van der Waals surface area (Å²) in [6.07, 6.45) is 20.5. The Hall–Kier alpha value is -1.36. The maximum Gasteiger partial charge on any atom is 0.326 e. The first-order valence-electron chi connectivity index (χ1n) is 11.3. The number of rotatable bonds is 19. The lowest BCUT2D eigenvalue weighted by Crippen LogP contribution is -2.41. The van der Waals surface area contributed by atoms with Gasteiger partial charge >= 0.3 is 5.97 Å². The van der Waals surface area contributed by atoms with Crippen molar-refractivity contribution >= 4 is 11.9 Å². The third-order valence-corrected chi connectivity index (χ3v) is 4.97. The van der Waals surface area contributed by atoms with Crippen molar-refractivity contribution in [2.45, 2.75) is 103 Å². The van der Waals surface area contributed by atoms with E-state index in [1.165, 1.54) is 76.7 Å². The van der Waals surface area contributed by atoms with Crippen LogP contribution in [0.2, 0.25) is 0 Å². The molecule has 0 radical (unpaired) electrons. The van der Waals surface area contributed by atoms with Crippen LogP contribution in [-0.2, 0) is 9.59 Å². The first-order valence-corrected chi connectivity index (χ1v) is 11.3. The predicted molar refractivity (Wildman–Crippen MR) is 118 cm³/mol. The summed E-state index contributed by atoms with van der Waals surface area (Å²) in [7, 11) is 3.77. The molecule has 0 aromatic rings. The number of carbonyl (C=O) groups is 2. The molecule has 0 saturated carbocycles. The summed E-state index contributed by atoms with van der Waals surface area (Å²) in [5.41, 5.74) is 0. The van der Waals surface area contributed by atoms with Gasteiger partial charge in [-0.05, 0) is 39.4 Å². The molecule has 0 spiro atoms. The van der Waals surface area contributed by atoms with Gasteiger partial charge in [0.2, 0.25) is 5.91 Å². The van der Waals surface area contributed by atoms with Gasteiger partial charge < -0.3 is 15.3 Å².